The first-order valence-corrected chi connectivity index (χ1v) is 3.37. The van der Waals surface area contributed by atoms with E-state index in [1.165, 1.54) is 0 Å². The molecule has 0 fully saturated rings. The van der Waals surface area contributed by atoms with E-state index < -0.39 is 5.97 Å². The maximum absolute atomic E-state index is 10.3. The van der Waals surface area contributed by atoms with Gasteiger partial charge in [-0.1, -0.05) is 12.1 Å². The zero-order chi connectivity index (χ0) is 7.56. The largest absolute Gasteiger partial charge is 0.478 e. The van der Waals surface area contributed by atoms with Crippen molar-refractivity contribution in [3.05, 3.63) is 29.8 Å². The number of rotatable bonds is 1. The summed E-state index contributed by atoms with van der Waals surface area (Å²) in [4.78, 5) is 10.3. The van der Waals surface area contributed by atoms with Crippen LogP contribution in [0.15, 0.2) is 24.3 Å². The molecule has 1 rings (SSSR count). The third kappa shape index (κ3) is 3.51. The lowest BCUT2D eigenvalue weighted by Gasteiger charge is -1.93. The fourth-order valence-electron chi connectivity index (χ4n) is 0.626. The summed E-state index contributed by atoms with van der Waals surface area (Å²) in [7, 11) is 0. The molecular formula is C7H9AlO4. The van der Waals surface area contributed by atoms with Gasteiger partial charge in [-0.25, -0.2) is 4.79 Å². The van der Waals surface area contributed by atoms with Gasteiger partial charge in [-0.05, 0) is 12.1 Å². The van der Waals surface area contributed by atoms with Crippen LogP contribution in [0.4, 0.5) is 0 Å². The van der Waals surface area contributed by atoms with Crippen molar-refractivity contribution in [3.63, 3.8) is 0 Å². The summed E-state index contributed by atoms with van der Waals surface area (Å²) in [6.07, 6.45) is 0. The molecule has 2 radical (unpaired) electrons. The van der Waals surface area contributed by atoms with Crippen LogP contribution in [-0.4, -0.2) is 38.3 Å². The fraction of sp³-hybridized carbons (Fsp3) is 0. The molecule has 0 atom stereocenters. The Morgan fingerprint density at radius 2 is 1.58 bits per heavy atom. The van der Waals surface area contributed by atoms with Crippen LogP contribution in [0.2, 0.25) is 0 Å². The summed E-state index contributed by atoms with van der Waals surface area (Å²) in [6.45, 7) is 0. The van der Waals surface area contributed by atoms with Crippen LogP contribution in [0.3, 0.4) is 0 Å². The number of hydrogen-bond acceptors (Lipinski definition) is 1. The number of benzene rings is 1. The molecule has 64 valence electrons. The standard InChI is InChI=1S/C7H5O2.Al.2H2O/c8-7(9)6-4-2-1-3-5-6;;;/h2-5H,(H,8,9);;2*1H2. The van der Waals surface area contributed by atoms with E-state index in [0.717, 1.165) is 4.43 Å². The summed E-state index contributed by atoms with van der Waals surface area (Å²) in [5, 5.41) is 8.47. The Bertz CT molecular complexity index is 244. The summed E-state index contributed by atoms with van der Waals surface area (Å²) < 4.78 is 0.991. The quantitative estimate of drug-likeness (QED) is 0.538. The Kier molecular flexibility index (Phi) is 6.57. The molecule has 0 aliphatic rings. The van der Waals surface area contributed by atoms with Gasteiger partial charge in [0, 0.05) is 0 Å². The minimum absolute atomic E-state index is 0. The van der Waals surface area contributed by atoms with Crippen molar-refractivity contribution in [1.29, 1.82) is 0 Å². The molecule has 0 heterocycles. The minimum atomic E-state index is -0.884. The van der Waals surface area contributed by atoms with E-state index in [4.69, 9.17) is 5.11 Å². The van der Waals surface area contributed by atoms with Crippen LogP contribution in [-0.2, 0) is 0 Å². The predicted octanol–water partition coefficient (Wildman–Crippen LogP) is -1.47. The molecule has 0 aliphatic carbocycles. The van der Waals surface area contributed by atoms with Crippen molar-refractivity contribution >= 4 is 26.7 Å². The zero-order valence-corrected chi connectivity index (χ0v) is 7.40. The predicted molar refractivity (Wildman–Crippen MR) is 46.0 cm³/mol. The lowest BCUT2D eigenvalue weighted by Crippen LogP contribution is -2.03. The average Bonchev–Trinajstić information content (AvgIpc) is 1.88. The lowest BCUT2D eigenvalue weighted by atomic mass is 10.2. The highest BCUT2D eigenvalue weighted by Gasteiger charge is 1.98. The number of carboxylic acids is 1. The van der Waals surface area contributed by atoms with Crippen molar-refractivity contribution in [1.82, 2.24) is 0 Å². The molecular weight excluding hydrogens is 175 g/mol. The highest BCUT2D eigenvalue weighted by atomic mass is 27.0. The van der Waals surface area contributed by atoms with Crippen LogP contribution < -0.4 is 4.43 Å². The second kappa shape index (κ2) is 5.75. The van der Waals surface area contributed by atoms with E-state index in [2.05, 4.69) is 16.3 Å². The second-order valence-electron chi connectivity index (χ2n) is 1.93. The molecule has 0 saturated carbocycles. The van der Waals surface area contributed by atoms with Crippen LogP contribution in [0.5, 0.6) is 0 Å². The van der Waals surface area contributed by atoms with Gasteiger partial charge in [0.2, 0.25) is 0 Å². The molecule has 0 spiro atoms. The number of aromatic carboxylic acids is 1. The maximum atomic E-state index is 10.3. The fourth-order valence-corrected chi connectivity index (χ4v) is 0.818. The smallest absolute Gasteiger partial charge is 0.335 e. The Morgan fingerprint density at radius 3 is 1.92 bits per heavy atom. The molecule has 0 bridgehead atoms. The first kappa shape index (κ1) is 13.7. The number of carbonyl (C=O) groups is 1. The summed E-state index contributed by atoms with van der Waals surface area (Å²) in [6, 6.07) is 6.64. The van der Waals surface area contributed by atoms with E-state index >= 15 is 0 Å². The second-order valence-corrected chi connectivity index (χ2v) is 2.59. The van der Waals surface area contributed by atoms with Crippen LogP contribution in [0, 0.1) is 0 Å². The Labute approximate surface area is 77.9 Å². The Hall–Kier alpha value is -0.858. The van der Waals surface area contributed by atoms with Crippen molar-refractivity contribution in [2.24, 2.45) is 0 Å². The van der Waals surface area contributed by atoms with Crippen molar-refractivity contribution in [2.45, 2.75) is 0 Å². The van der Waals surface area contributed by atoms with Crippen LogP contribution in [0.25, 0.3) is 0 Å². The van der Waals surface area contributed by atoms with Gasteiger partial charge >= 0.3 is 5.97 Å². The molecule has 0 unspecified atom stereocenters. The molecule has 1 aromatic carbocycles. The van der Waals surface area contributed by atoms with Gasteiger partial charge in [-0.3, -0.25) is 0 Å². The van der Waals surface area contributed by atoms with Crippen molar-refractivity contribution in [3.8, 4) is 0 Å². The molecule has 0 aliphatic heterocycles. The average molecular weight is 184 g/mol. The summed E-state index contributed by atoms with van der Waals surface area (Å²) in [5.74, 6) is -0.884. The molecule has 5 heteroatoms. The van der Waals surface area contributed by atoms with Gasteiger partial charge in [0.05, 0.1) is 5.56 Å². The van der Waals surface area contributed by atoms with Gasteiger partial charge in [-0.15, -0.1) is 4.43 Å². The Morgan fingerprint density at radius 1 is 1.17 bits per heavy atom. The van der Waals surface area contributed by atoms with E-state index in [-0.39, 0.29) is 11.0 Å². The van der Waals surface area contributed by atoms with Crippen molar-refractivity contribution in [2.75, 3.05) is 0 Å². The van der Waals surface area contributed by atoms with E-state index in [1.807, 2.05) is 0 Å². The van der Waals surface area contributed by atoms with E-state index in [0.29, 0.717) is 5.56 Å². The van der Waals surface area contributed by atoms with Crippen LogP contribution >= 0.6 is 0 Å². The summed E-state index contributed by atoms with van der Waals surface area (Å²) >= 11 is 2.49. The molecule has 1 aromatic rings. The molecule has 4 nitrogen and oxygen atoms in total. The Balaban J connectivity index is 0. The number of carboxylic acid groups (broad SMARTS) is 1. The van der Waals surface area contributed by atoms with Crippen LogP contribution in [0.1, 0.15) is 10.4 Å². The highest BCUT2D eigenvalue weighted by Crippen LogP contribution is 1.94. The maximum Gasteiger partial charge on any atom is 0.335 e. The van der Waals surface area contributed by atoms with Gasteiger partial charge in [0.1, 0.15) is 0 Å². The van der Waals surface area contributed by atoms with E-state index in [1.54, 1.807) is 24.3 Å². The monoisotopic (exact) mass is 184 g/mol. The first-order valence-electron chi connectivity index (χ1n) is 2.79. The molecule has 0 aromatic heterocycles. The molecule has 0 saturated heterocycles. The lowest BCUT2D eigenvalue weighted by molar-refractivity contribution is 0.0697. The number of hydrogen-bond donors (Lipinski definition) is 1. The van der Waals surface area contributed by atoms with Gasteiger partial charge < -0.3 is 16.1 Å². The first-order chi connectivity index (χ1) is 4.70. The minimum Gasteiger partial charge on any atom is -0.478 e. The molecule has 12 heavy (non-hydrogen) atoms. The van der Waals surface area contributed by atoms with E-state index in [9.17, 15) is 4.79 Å². The SMILES string of the molecule is O.O.O=C(O)c1cc[c]([Al])cc1. The zero-order valence-electron chi connectivity index (χ0n) is 6.24. The third-order valence-electron chi connectivity index (χ3n) is 1.16. The topological polar surface area (TPSA) is 100 Å². The van der Waals surface area contributed by atoms with Gasteiger partial charge in [0.25, 0.3) is 0 Å². The van der Waals surface area contributed by atoms with Gasteiger partial charge in [-0.2, -0.15) is 0 Å². The molecule has 0 amide bonds. The third-order valence-corrected chi connectivity index (χ3v) is 1.54. The van der Waals surface area contributed by atoms with Gasteiger partial charge in [0.15, 0.2) is 16.3 Å². The highest BCUT2D eigenvalue weighted by molar-refractivity contribution is 6.32. The molecule has 5 N–H and O–H groups in total. The van der Waals surface area contributed by atoms with Crippen molar-refractivity contribution < 1.29 is 20.9 Å². The normalized spacial score (nSPS) is 7.67. The summed E-state index contributed by atoms with van der Waals surface area (Å²) in [5.41, 5.74) is 0.325.